The molecule has 23 heavy (non-hydrogen) atoms. The van der Waals surface area contributed by atoms with Crippen LogP contribution in [0, 0.1) is 6.92 Å². The fourth-order valence-corrected chi connectivity index (χ4v) is 2.81. The van der Waals surface area contributed by atoms with Gasteiger partial charge in [0, 0.05) is 31.2 Å². The van der Waals surface area contributed by atoms with E-state index in [4.69, 9.17) is 9.90 Å². The van der Waals surface area contributed by atoms with Crippen molar-refractivity contribution in [1.82, 2.24) is 10.2 Å². The van der Waals surface area contributed by atoms with Gasteiger partial charge in [0.15, 0.2) is 0 Å². The SMILES string of the molecule is Cc1cccc2c1C(=O)N1CCNC[C@H]1C2.O=C(O)C(F)(F)F. The summed E-state index contributed by atoms with van der Waals surface area (Å²) in [6.45, 7) is 4.72. The molecule has 0 aromatic heterocycles. The monoisotopic (exact) mass is 330 g/mol. The van der Waals surface area contributed by atoms with Crippen LogP contribution in [0.1, 0.15) is 21.5 Å². The first kappa shape index (κ1) is 17.3. The first-order valence-corrected chi connectivity index (χ1v) is 7.12. The topological polar surface area (TPSA) is 69.6 Å². The van der Waals surface area contributed by atoms with Crippen LogP contribution in [0.25, 0.3) is 0 Å². The third-order valence-electron chi connectivity index (χ3n) is 3.88. The van der Waals surface area contributed by atoms with Crippen molar-refractivity contribution < 1.29 is 27.9 Å². The number of hydrogen-bond donors (Lipinski definition) is 2. The van der Waals surface area contributed by atoms with Crippen molar-refractivity contribution in [3.8, 4) is 0 Å². The molecule has 0 bridgehead atoms. The van der Waals surface area contributed by atoms with Crippen LogP contribution in [0.5, 0.6) is 0 Å². The van der Waals surface area contributed by atoms with Gasteiger partial charge in [-0.25, -0.2) is 4.79 Å². The van der Waals surface area contributed by atoms with E-state index in [0.717, 1.165) is 37.2 Å². The molecule has 0 aliphatic carbocycles. The lowest BCUT2D eigenvalue weighted by Crippen LogP contribution is -2.56. The molecule has 126 valence electrons. The summed E-state index contributed by atoms with van der Waals surface area (Å²) in [6, 6.07) is 6.52. The number of alkyl halides is 3. The average Bonchev–Trinajstić information content (AvgIpc) is 2.47. The number of halogens is 3. The largest absolute Gasteiger partial charge is 0.490 e. The Balaban J connectivity index is 0.000000236. The van der Waals surface area contributed by atoms with Crippen molar-refractivity contribution in [3.05, 3.63) is 34.9 Å². The Morgan fingerprint density at radius 3 is 2.65 bits per heavy atom. The molecule has 5 nitrogen and oxygen atoms in total. The number of hydrogen-bond acceptors (Lipinski definition) is 3. The minimum Gasteiger partial charge on any atom is -0.475 e. The molecule has 1 aromatic carbocycles. The van der Waals surface area contributed by atoms with Crippen LogP contribution < -0.4 is 5.32 Å². The van der Waals surface area contributed by atoms with E-state index in [-0.39, 0.29) is 5.91 Å². The molecule has 0 radical (unpaired) electrons. The quantitative estimate of drug-likeness (QED) is 0.758. The number of nitrogens with one attached hydrogen (secondary N) is 1. The predicted molar refractivity (Wildman–Crippen MR) is 76.3 cm³/mol. The van der Waals surface area contributed by atoms with E-state index in [9.17, 15) is 18.0 Å². The molecular formula is C15H17F3N2O3. The molecule has 3 rings (SSSR count). The second-order valence-corrected chi connectivity index (χ2v) is 5.47. The molecule has 2 heterocycles. The minimum atomic E-state index is -5.08. The van der Waals surface area contributed by atoms with E-state index in [1.165, 1.54) is 5.56 Å². The van der Waals surface area contributed by atoms with Gasteiger partial charge in [-0.2, -0.15) is 13.2 Å². The van der Waals surface area contributed by atoms with E-state index in [2.05, 4.69) is 11.4 Å². The van der Waals surface area contributed by atoms with Crippen molar-refractivity contribution in [2.24, 2.45) is 0 Å². The molecular weight excluding hydrogens is 313 g/mol. The number of carboxylic acid groups (broad SMARTS) is 1. The Bertz CT molecular complexity index is 616. The first-order valence-electron chi connectivity index (χ1n) is 7.12. The van der Waals surface area contributed by atoms with Crippen molar-refractivity contribution in [3.63, 3.8) is 0 Å². The van der Waals surface area contributed by atoms with Crippen molar-refractivity contribution in [2.45, 2.75) is 25.6 Å². The Morgan fingerprint density at radius 2 is 2.04 bits per heavy atom. The van der Waals surface area contributed by atoms with Crippen molar-refractivity contribution >= 4 is 11.9 Å². The standard InChI is InChI=1S/C13H16N2O.C2HF3O2/c1-9-3-2-4-10-7-11-8-14-5-6-15(11)13(16)12(9)10;3-2(4,5)1(6)7/h2-4,11,14H,5-8H2,1H3;(H,6,7)/t11-;/m1./s1. The van der Waals surface area contributed by atoms with E-state index >= 15 is 0 Å². The fourth-order valence-electron chi connectivity index (χ4n) is 2.81. The van der Waals surface area contributed by atoms with Gasteiger partial charge in [-0.15, -0.1) is 0 Å². The number of rotatable bonds is 0. The van der Waals surface area contributed by atoms with Gasteiger partial charge in [-0.1, -0.05) is 18.2 Å². The lowest BCUT2D eigenvalue weighted by molar-refractivity contribution is -0.192. The Kier molecular flexibility index (Phi) is 4.93. The molecule has 0 spiro atoms. The number of aryl methyl sites for hydroxylation is 1. The zero-order chi connectivity index (χ0) is 17.2. The number of fused-ring (bicyclic) bond motifs is 2. The molecule has 2 aliphatic rings. The van der Waals surface area contributed by atoms with Crippen LogP contribution in [0.3, 0.4) is 0 Å². The summed E-state index contributed by atoms with van der Waals surface area (Å²) in [5.74, 6) is -2.53. The zero-order valence-electron chi connectivity index (χ0n) is 12.5. The van der Waals surface area contributed by atoms with Crippen molar-refractivity contribution in [1.29, 1.82) is 0 Å². The molecule has 0 unspecified atom stereocenters. The predicted octanol–water partition coefficient (Wildman–Crippen LogP) is 1.60. The summed E-state index contributed by atoms with van der Waals surface area (Å²) in [5.41, 5.74) is 3.27. The molecule has 1 fully saturated rings. The molecule has 0 saturated carbocycles. The van der Waals surface area contributed by atoms with Gasteiger partial charge in [-0.3, -0.25) is 4.79 Å². The minimum absolute atomic E-state index is 0.228. The van der Waals surface area contributed by atoms with Crippen LogP contribution in [0.4, 0.5) is 13.2 Å². The van der Waals surface area contributed by atoms with E-state index in [1.54, 1.807) is 0 Å². The molecule has 1 aromatic rings. The van der Waals surface area contributed by atoms with E-state index < -0.39 is 12.1 Å². The first-order chi connectivity index (χ1) is 10.7. The lowest BCUT2D eigenvalue weighted by atomic mass is 9.89. The van der Waals surface area contributed by atoms with Gasteiger partial charge in [0.25, 0.3) is 5.91 Å². The van der Waals surface area contributed by atoms with Gasteiger partial charge in [0.1, 0.15) is 0 Å². The van der Waals surface area contributed by atoms with Crippen LogP contribution in [-0.4, -0.2) is 53.7 Å². The maximum Gasteiger partial charge on any atom is 0.490 e. The summed E-state index contributed by atoms with van der Waals surface area (Å²) >= 11 is 0. The maximum atomic E-state index is 12.4. The van der Waals surface area contributed by atoms with Gasteiger partial charge < -0.3 is 15.3 Å². The number of carbonyl (C=O) groups is 2. The zero-order valence-corrected chi connectivity index (χ0v) is 12.5. The number of carboxylic acids is 1. The summed E-state index contributed by atoms with van der Waals surface area (Å²) in [7, 11) is 0. The highest BCUT2D eigenvalue weighted by Gasteiger charge is 2.38. The molecule has 1 amide bonds. The lowest BCUT2D eigenvalue weighted by Gasteiger charge is -2.40. The second kappa shape index (κ2) is 6.57. The summed E-state index contributed by atoms with van der Waals surface area (Å²) in [6.07, 6.45) is -4.09. The molecule has 1 saturated heterocycles. The fraction of sp³-hybridized carbons (Fsp3) is 0.467. The second-order valence-electron chi connectivity index (χ2n) is 5.47. The molecule has 1 atom stereocenters. The summed E-state index contributed by atoms with van der Waals surface area (Å²) in [4.78, 5) is 23.3. The van der Waals surface area contributed by atoms with E-state index in [0.29, 0.717) is 6.04 Å². The summed E-state index contributed by atoms with van der Waals surface area (Å²) in [5, 5.41) is 10.5. The Labute approximate surface area is 131 Å². The molecule has 8 heteroatoms. The van der Waals surface area contributed by atoms with Crippen LogP contribution in [-0.2, 0) is 11.2 Å². The van der Waals surface area contributed by atoms with E-state index in [1.807, 2.05) is 24.0 Å². The Hall–Kier alpha value is -2.09. The van der Waals surface area contributed by atoms with Crippen LogP contribution >= 0.6 is 0 Å². The van der Waals surface area contributed by atoms with Gasteiger partial charge in [0.05, 0.1) is 0 Å². The number of carbonyl (C=O) groups excluding carboxylic acids is 1. The smallest absolute Gasteiger partial charge is 0.475 e. The number of amides is 1. The average molecular weight is 330 g/mol. The number of piperazine rings is 1. The molecule has 2 aliphatic heterocycles. The van der Waals surface area contributed by atoms with Crippen molar-refractivity contribution in [2.75, 3.05) is 19.6 Å². The third kappa shape index (κ3) is 3.82. The molecule has 2 N–H and O–H groups in total. The highest BCUT2D eigenvalue weighted by Crippen LogP contribution is 2.26. The normalized spacial score (nSPS) is 20.1. The van der Waals surface area contributed by atoms with Gasteiger partial charge in [0.2, 0.25) is 0 Å². The number of aliphatic carboxylic acids is 1. The number of benzene rings is 1. The van der Waals surface area contributed by atoms with Crippen LogP contribution in [0.15, 0.2) is 18.2 Å². The third-order valence-corrected chi connectivity index (χ3v) is 3.88. The van der Waals surface area contributed by atoms with Gasteiger partial charge in [-0.05, 0) is 24.5 Å². The highest BCUT2D eigenvalue weighted by atomic mass is 19.4. The van der Waals surface area contributed by atoms with Crippen LogP contribution in [0.2, 0.25) is 0 Å². The van der Waals surface area contributed by atoms with Gasteiger partial charge >= 0.3 is 12.1 Å². The summed E-state index contributed by atoms with van der Waals surface area (Å²) < 4.78 is 31.7. The Morgan fingerprint density at radius 1 is 1.39 bits per heavy atom. The number of nitrogens with zero attached hydrogens (tertiary/aromatic N) is 1. The highest BCUT2D eigenvalue weighted by molar-refractivity contribution is 5.98. The maximum absolute atomic E-state index is 12.4.